The van der Waals surface area contributed by atoms with Crippen LogP contribution in [-0.2, 0) is 9.53 Å². The first-order valence-electron chi connectivity index (χ1n) is 8.84. The third-order valence-electron chi connectivity index (χ3n) is 4.39. The minimum absolute atomic E-state index is 0.123. The normalized spacial score (nSPS) is 23.7. The molecule has 0 unspecified atom stereocenters. The average Bonchev–Trinajstić information content (AvgIpc) is 3.41. The number of nitrogens with two attached hydrogens (primary N) is 1. The van der Waals surface area contributed by atoms with Gasteiger partial charge in [0.2, 0.25) is 5.82 Å². The van der Waals surface area contributed by atoms with Gasteiger partial charge in [0.25, 0.3) is 5.91 Å². The zero-order chi connectivity index (χ0) is 20.5. The van der Waals surface area contributed by atoms with Crippen molar-refractivity contribution in [3.05, 3.63) is 34.5 Å². The molecule has 0 aromatic carbocycles. The monoisotopic (exact) mass is 414 g/mol. The smallest absolute Gasteiger partial charge is 0.252 e. The number of imidazole rings is 1. The number of aromatic nitrogens is 4. The van der Waals surface area contributed by atoms with Gasteiger partial charge in [-0.15, -0.1) is 11.3 Å². The van der Waals surface area contributed by atoms with Crippen molar-refractivity contribution in [3.8, 4) is 11.8 Å². The molecule has 4 heterocycles. The Morgan fingerprint density at radius 3 is 2.93 bits per heavy atom. The average molecular weight is 414 g/mol. The molecule has 0 radical (unpaired) electrons. The van der Waals surface area contributed by atoms with Gasteiger partial charge >= 0.3 is 0 Å². The number of amides is 1. The lowest BCUT2D eigenvalue weighted by atomic mass is 10.1. The third-order valence-corrected chi connectivity index (χ3v) is 5.17. The van der Waals surface area contributed by atoms with Crippen molar-refractivity contribution < 1.29 is 19.7 Å². The zero-order valence-corrected chi connectivity index (χ0v) is 16.1. The molecule has 4 rings (SSSR count). The Kier molecular flexibility index (Phi) is 5.16. The SMILES string of the molecule is CCNC(=O)[C@H]1O[C@@H](n2cnc3c(N)nc(C#Cc4cccs4)nc32)[C@H](O)[C@@H]1O. The number of nitrogen functional groups attached to an aromatic ring is 1. The molecular weight excluding hydrogens is 396 g/mol. The third kappa shape index (κ3) is 3.54. The number of fused-ring (bicyclic) bond motifs is 1. The van der Waals surface area contributed by atoms with E-state index in [1.807, 2.05) is 17.5 Å². The van der Waals surface area contributed by atoms with Crippen molar-refractivity contribution in [1.82, 2.24) is 24.8 Å². The lowest BCUT2D eigenvalue weighted by Crippen LogP contribution is -2.42. The second-order valence-electron chi connectivity index (χ2n) is 6.31. The number of rotatable bonds is 3. The van der Waals surface area contributed by atoms with E-state index in [1.54, 1.807) is 6.92 Å². The summed E-state index contributed by atoms with van der Waals surface area (Å²) in [6.07, 6.45) is -3.69. The number of aliphatic hydroxyl groups is 2. The van der Waals surface area contributed by atoms with Gasteiger partial charge in [0.1, 0.15) is 17.7 Å². The Morgan fingerprint density at radius 2 is 2.21 bits per heavy atom. The number of nitrogens with zero attached hydrogens (tertiary/aromatic N) is 4. The highest BCUT2D eigenvalue weighted by Crippen LogP contribution is 2.32. The first-order chi connectivity index (χ1) is 14.0. The van der Waals surface area contributed by atoms with E-state index < -0.39 is 30.4 Å². The minimum Gasteiger partial charge on any atom is -0.387 e. The van der Waals surface area contributed by atoms with Gasteiger partial charge in [-0.2, -0.15) is 0 Å². The summed E-state index contributed by atoms with van der Waals surface area (Å²) in [5.41, 5.74) is 6.57. The fraction of sp³-hybridized carbons (Fsp3) is 0.333. The van der Waals surface area contributed by atoms with E-state index in [4.69, 9.17) is 10.5 Å². The summed E-state index contributed by atoms with van der Waals surface area (Å²) in [5, 5.41) is 25.2. The molecule has 1 amide bonds. The molecule has 4 atom stereocenters. The van der Waals surface area contributed by atoms with E-state index in [2.05, 4.69) is 32.1 Å². The molecule has 1 fully saturated rings. The van der Waals surface area contributed by atoms with Crippen molar-refractivity contribution in [2.75, 3.05) is 12.3 Å². The Hall–Kier alpha value is -3.04. The van der Waals surface area contributed by atoms with Crippen LogP contribution in [0.25, 0.3) is 11.2 Å². The number of carbonyl (C=O) groups is 1. The quantitative estimate of drug-likeness (QED) is 0.424. The molecule has 5 N–H and O–H groups in total. The summed E-state index contributed by atoms with van der Waals surface area (Å²) >= 11 is 1.49. The summed E-state index contributed by atoms with van der Waals surface area (Å²) in [6.45, 7) is 2.12. The second-order valence-corrected chi connectivity index (χ2v) is 7.25. The second kappa shape index (κ2) is 7.76. The van der Waals surface area contributed by atoms with Crippen LogP contribution in [0.2, 0.25) is 0 Å². The summed E-state index contributed by atoms with van der Waals surface area (Å²) < 4.78 is 7.04. The largest absolute Gasteiger partial charge is 0.387 e. The Balaban J connectivity index is 1.70. The molecule has 1 saturated heterocycles. The van der Waals surface area contributed by atoms with Crippen LogP contribution in [0.4, 0.5) is 5.82 Å². The van der Waals surface area contributed by atoms with Crippen molar-refractivity contribution in [3.63, 3.8) is 0 Å². The maximum Gasteiger partial charge on any atom is 0.252 e. The lowest BCUT2D eigenvalue weighted by Gasteiger charge is -2.16. The highest BCUT2D eigenvalue weighted by atomic mass is 32.1. The van der Waals surface area contributed by atoms with Gasteiger partial charge < -0.3 is 26.0 Å². The van der Waals surface area contributed by atoms with E-state index in [0.29, 0.717) is 12.1 Å². The van der Waals surface area contributed by atoms with Gasteiger partial charge in [-0.05, 0) is 30.2 Å². The molecule has 0 saturated carbocycles. The number of carbonyl (C=O) groups excluding carboxylic acids is 1. The van der Waals surface area contributed by atoms with Gasteiger partial charge in [-0.25, -0.2) is 15.0 Å². The van der Waals surface area contributed by atoms with E-state index in [1.165, 1.54) is 22.2 Å². The van der Waals surface area contributed by atoms with Crippen molar-refractivity contribution in [1.29, 1.82) is 0 Å². The van der Waals surface area contributed by atoms with Gasteiger partial charge in [0.15, 0.2) is 23.8 Å². The molecule has 11 heteroatoms. The van der Waals surface area contributed by atoms with Crippen LogP contribution in [0.5, 0.6) is 0 Å². The molecule has 3 aromatic heterocycles. The van der Waals surface area contributed by atoms with E-state index in [0.717, 1.165) is 4.88 Å². The molecule has 0 bridgehead atoms. The highest BCUT2D eigenvalue weighted by molar-refractivity contribution is 7.10. The van der Waals surface area contributed by atoms with Crippen LogP contribution in [-0.4, -0.2) is 60.5 Å². The Morgan fingerprint density at radius 1 is 1.38 bits per heavy atom. The van der Waals surface area contributed by atoms with Crippen LogP contribution in [0.15, 0.2) is 23.8 Å². The number of anilines is 1. The summed E-state index contributed by atoms with van der Waals surface area (Å²) in [6, 6.07) is 3.76. The molecule has 3 aromatic rings. The number of likely N-dealkylation sites (N-methyl/N-ethyl adjacent to an activating group) is 1. The summed E-state index contributed by atoms with van der Waals surface area (Å²) in [7, 11) is 0. The molecule has 10 nitrogen and oxygen atoms in total. The van der Waals surface area contributed by atoms with Crippen molar-refractivity contribution >= 4 is 34.2 Å². The van der Waals surface area contributed by atoms with Crippen molar-refractivity contribution in [2.45, 2.75) is 31.5 Å². The van der Waals surface area contributed by atoms with Gasteiger partial charge in [0.05, 0.1) is 11.2 Å². The molecule has 0 spiro atoms. The summed E-state index contributed by atoms with van der Waals surface area (Å²) in [4.78, 5) is 25.6. The fourth-order valence-corrected chi connectivity index (χ4v) is 3.60. The first kappa shape index (κ1) is 19.3. The first-order valence-corrected chi connectivity index (χ1v) is 9.72. The van der Waals surface area contributed by atoms with E-state index in [9.17, 15) is 15.0 Å². The van der Waals surface area contributed by atoms with Gasteiger partial charge in [-0.1, -0.05) is 6.07 Å². The molecular formula is C18H18N6O4S. The fourth-order valence-electron chi connectivity index (χ4n) is 3.03. The highest BCUT2D eigenvalue weighted by Gasteiger charge is 2.47. The van der Waals surface area contributed by atoms with Crippen LogP contribution in [0, 0.1) is 11.8 Å². The lowest BCUT2D eigenvalue weighted by molar-refractivity contribution is -0.137. The molecule has 0 aliphatic carbocycles. The van der Waals surface area contributed by atoms with Crippen molar-refractivity contribution in [2.24, 2.45) is 0 Å². The number of hydrogen-bond donors (Lipinski definition) is 4. The molecule has 1 aliphatic rings. The number of thiophene rings is 1. The molecule has 1 aliphatic heterocycles. The number of hydrogen-bond acceptors (Lipinski definition) is 9. The number of ether oxygens (including phenoxy) is 1. The molecule has 29 heavy (non-hydrogen) atoms. The van der Waals surface area contributed by atoms with Crippen LogP contribution >= 0.6 is 11.3 Å². The van der Waals surface area contributed by atoms with Crippen LogP contribution in [0.1, 0.15) is 23.9 Å². The number of nitrogens with one attached hydrogen (secondary N) is 1. The molecule has 150 valence electrons. The maximum absolute atomic E-state index is 12.1. The Labute approximate surface area is 169 Å². The van der Waals surface area contributed by atoms with E-state index in [-0.39, 0.29) is 17.3 Å². The maximum atomic E-state index is 12.1. The predicted molar refractivity (Wildman–Crippen MR) is 105 cm³/mol. The topological polar surface area (TPSA) is 148 Å². The zero-order valence-electron chi connectivity index (χ0n) is 15.3. The number of aliphatic hydroxyl groups excluding tert-OH is 2. The van der Waals surface area contributed by atoms with Crippen LogP contribution in [0.3, 0.4) is 0 Å². The van der Waals surface area contributed by atoms with Crippen LogP contribution < -0.4 is 11.1 Å². The summed E-state index contributed by atoms with van der Waals surface area (Å²) in [5.74, 6) is 5.59. The van der Waals surface area contributed by atoms with Gasteiger partial charge in [-0.3, -0.25) is 9.36 Å². The Bertz CT molecular complexity index is 1100. The standard InChI is InChI=1S/C18H18N6O4S/c1-2-20-17(27)14-12(25)13(26)18(28-14)24-8-21-11-15(19)22-10(23-16(11)24)6-5-9-4-3-7-29-9/h3-4,7-8,12-14,18,25-26H,2H2,1H3,(H,20,27)(H2,19,22,23)/t12-,13+,14-,18+/m0/s1. The van der Waals surface area contributed by atoms with E-state index >= 15 is 0 Å². The van der Waals surface area contributed by atoms with Gasteiger partial charge in [0, 0.05) is 6.54 Å². The predicted octanol–water partition coefficient (Wildman–Crippen LogP) is -0.375. The minimum atomic E-state index is -1.40.